The third-order valence-corrected chi connectivity index (χ3v) is 1.77. The highest BCUT2D eigenvalue weighted by Crippen LogP contribution is 2.14. The molecule has 0 aliphatic rings. The summed E-state index contributed by atoms with van der Waals surface area (Å²) in [5.41, 5.74) is -0.336. The molecule has 0 aromatic heterocycles. The van der Waals surface area contributed by atoms with Gasteiger partial charge in [0.25, 0.3) is 0 Å². The van der Waals surface area contributed by atoms with Gasteiger partial charge in [-0.1, -0.05) is 13.8 Å². The van der Waals surface area contributed by atoms with E-state index in [-0.39, 0.29) is 18.1 Å². The SMILES string of the molecule is CC(C)COC(=O)c1cc(F)c(F)c(F)c1. The lowest BCUT2D eigenvalue weighted by atomic mass is 10.2. The Morgan fingerprint density at radius 2 is 1.75 bits per heavy atom. The minimum Gasteiger partial charge on any atom is -0.462 e. The minimum atomic E-state index is -1.60. The second-order valence-electron chi connectivity index (χ2n) is 3.75. The van der Waals surface area contributed by atoms with E-state index in [1.54, 1.807) is 0 Å². The summed E-state index contributed by atoms with van der Waals surface area (Å²) in [6.45, 7) is 3.78. The van der Waals surface area contributed by atoms with E-state index in [4.69, 9.17) is 4.74 Å². The summed E-state index contributed by atoms with van der Waals surface area (Å²) < 4.78 is 42.9. The summed E-state index contributed by atoms with van der Waals surface area (Å²) in [5.74, 6) is -5.17. The molecule has 0 aliphatic heterocycles. The Morgan fingerprint density at radius 1 is 1.25 bits per heavy atom. The molecule has 0 N–H and O–H groups in total. The van der Waals surface area contributed by atoms with Crippen molar-refractivity contribution in [2.75, 3.05) is 6.61 Å². The molecule has 0 unspecified atom stereocenters. The highest BCUT2D eigenvalue weighted by molar-refractivity contribution is 5.89. The van der Waals surface area contributed by atoms with E-state index in [1.165, 1.54) is 0 Å². The monoisotopic (exact) mass is 232 g/mol. The van der Waals surface area contributed by atoms with Crippen LogP contribution in [0.25, 0.3) is 0 Å². The molecule has 1 aromatic rings. The van der Waals surface area contributed by atoms with Gasteiger partial charge < -0.3 is 4.74 Å². The maximum Gasteiger partial charge on any atom is 0.338 e. The van der Waals surface area contributed by atoms with Crippen LogP contribution in [0, 0.1) is 23.4 Å². The van der Waals surface area contributed by atoms with Crippen LogP contribution in [0.5, 0.6) is 0 Å². The largest absolute Gasteiger partial charge is 0.462 e. The minimum absolute atomic E-state index is 0.110. The Kier molecular flexibility index (Phi) is 3.93. The molecule has 0 saturated carbocycles. The lowest BCUT2D eigenvalue weighted by Crippen LogP contribution is -2.11. The molecule has 2 nitrogen and oxygen atoms in total. The molecule has 16 heavy (non-hydrogen) atoms. The Bertz CT molecular complexity index is 379. The van der Waals surface area contributed by atoms with E-state index in [0.29, 0.717) is 12.1 Å². The predicted molar refractivity (Wildman–Crippen MR) is 51.4 cm³/mol. The Balaban J connectivity index is 2.84. The van der Waals surface area contributed by atoms with Crippen molar-refractivity contribution in [3.8, 4) is 0 Å². The first-order valence-electron chi connectivity index (χ1n) is 4.73. The van der Waals surface area contributed by atoms with E-state index >= 15 is 0 Å². The van der Waals surface area contributed by atoms with Gasteiger partial charge in [0, 0.05) is 0 Å². The zero-order valence-corrected chi connectivity index (χ0v) is 8.89. The highest BCUT2D eigenvalue weighted by Gasteiger charge is 2.16. The number of hydrogen-bond acceptors (Lipinski definition) is 2. The summed E-state index contributed by atoms with van der Waals surface area (Å²) in [7, 11) is 0. The van der Waals surface area contributed by atoms with Gasteiger partial charge in [0.2, 0.25) is 0 Å². The summed E-state index contributed by atoms with van der Waals surface area (Å²) >= 11 is 0. The molecule has 0 heterocycles. The molecular weight excluding hydrogens is 221 g/mol. The lowest BCUT2D eigenvalue weighted by Gasteiger charge is -2.07. The van der Waals surface area contributed by atoms with Crippen molar-refractivity contribution in [2.24, 2.45) is 5.92 Å². The van der Waals surface area contributed by atoms with Crippen molar-refractivity contribution in [1.29, 1.82) is 0 Å². The van der Waals surface area contributed by atoms with E-state index in [9.17, 15) is 18.0 Å². The number of esters is 1. The average Bonchev–Trinajstić information content (AvgIpc) is 2.21. The van der Waals surface area contributed by atoms with Gasteiger partial charge in [-0.2, -0.15) is 0 Å². The van der Waals surface area contributed by atoms with E-state index < -0.39 is 23.4 Å². The number of carbonyl (C=O) groups is 1. The van der Waals surface area contributed by atoms with Crippen molar-refractivity contribution in [1.82, 2.24) is 0 Å². The fourth-order valence-corrected chi connectivity index (χ4v) is 0.999. The second kappa shape index (κ2) is 5.01. The van der Waals surface area contributed by atoms with Gasteiger partial charge in [-0.05, 0) is 18.1 Å². The highest BCUT2D eigenvalue weighted by atomic mass is 19.2. The van der Waals surface area contributed by atoms with Gasteiger partial charge in [-0.25, -0.2) is 18.0 Å². The summed E-state index contributed by atoms with van der Waals surface area (Å²) in [5, 5.41) is 0. The lowest BCUT2D eigenvalue weighted by molar-refractivity contribution is 0.0457. The summed E-state index contributed by atoms with van der Waals surface area (Å²) in [6.07, 6.45) is 0. The Hall–Kier alpha value is -1.52. The molecular formula is C11H11F3O2. The van der Waals surface area contributed by atoms with E-state index in [0.717, 1.165) is 0 Å². The van der Waals surface area contributed by atoms with Crippen LogP contribution in [0.1, 0.15) is 24.2 Å². The van der Waals surface area contributed by atoms with Gasteiger partial charge in [-0.3, -0.25) is 0 Å². The maximum absolute atomic E-state index is 12.8. The molecule has 0 atom stereocenters. The van der Waals surface area contributed by atoms with Gasteiger partial charge >= 0.3 is 5.97 Å². The van der Waals surface area contributed by atoms with Crippen LogP contribution in [0.2, 0.25) is 0 Å². The number of carbonyl (C=O) groups excluding carboxylic acids is 1. The van der Waals surface area contributed by atoms with E-state index in [2.05, 4.69) is 0 Å². The number of halogens is 3. The first-order valence-corrected chi connectivity index (χ1v) is 4.73. The van der Waals surface area contributed by atoms with Crippen LogP contribution in [0.15, 0.2) is 12.1 Å². The van der Waals surface area contributed by atoms with Crippen molar-refractivity contribution in [3.05, 3.63) is 35.1 Å². The molecule has 0 fully saturated rings. The van der Waals surface area contributed by atoms with Crippen molar-refractivity contribution >= 4 is 5.97 Å². The average molecular weight is 232 g/mol. The molecule has 0 spiro atoms. The van der Waals surface area contributed by atoms with Crippen molar-refractivity contribution < 1.29 is 22.7 Å². The summed E-state index contributed by atoms with van der Waals surface area (Å²) in [6, 6.07) is 1.22. The van der Waals surface area contributed by atoms with Gasteiger partial charge in [0.05, 0.1) is 12.2 Å². The molecule has 88 valence electrons. The molecule has 0 radical (unpaired) electrons. The van der Waals surface area contributed by atoms with Crippen LogP contribution in [-0.4, -0.2) is 12.6 Å². The van der Waals surface area contributed by atoms with Crippen LogP contribution >= 0.6 is 0 Å². The summed E-state index contributed by atoms with van der Waals surface area (Å²) in [4.78, 5) is 11.3. The fraction of sp³-hybridized carbons (Fsp3) is 0.364. The maximum atomic E-state index is 12.8. The quantitative estimate of drug-likeness (QED) is 0.591. The van der Waals surface area contributed by atoms with Crippen LogP contribution < -0.4 is 0 Å². The first-order chi connectivity index (χ1) is 7.41. The van der Waals surface area contributed by atoms with E-state index in [1.807, 2.05) is 13.8 Å². The zero-order chi connectivity index (χ0) is 12.3. The van der Waals surface area contributed by atoms with Gasteiger partial charge in [0.1, 0.15) is 0 Å². The van der Waals surface area contributed by atoms with Crippen LogP contribution in [0.4, 0.5) is 13.2 Å². The normalized spacial score (nSPS) is 10.6. The Morgan fingerprint density at radius 3 is 2.19 bits per heavy atom. The first kappa shape index (κ1) is 12.5. The number of benzene rings is 1. The van der Waals surface area contributed by atoms with Crippen molar-refractivity contribution in [2.45, 2.75) is 13.8 Å². The predicted octanol–water partition coefficient (Wildman–Crippen LogP) is 2.92. The smallest absolute Gasteiger partial charge is 0.338 e. The molecule has 5 heteroatoms. The third-order valence-electron chi connectivity index (χ3n) is 1.77. The topological polar surface area (TPSA) is 26.3 Å². The zero-order valence-electron chi connectivity index (χ0n) is 8.89. The van der Waals surface area contributed by atoms with Crippen LogP contribution in [0.3, 0.4) is 0 Å². The van der Waals surface area contributed by atoms with Crippen molar-refractivity contribution in [3.63, 3.8) is 0 Å². The Labute approximate surface area is 91.0 Å². The van der Waals surface area contributed by atoms with Crippen LogP contribution in [-0.2, 0) is 4.74 Å². The number of hydrogen-bond donors (Lipinski definition) is 0. The molecule has 0 bridgehead atoms. The fourth-order valence-electron chi connectivity index (χ4n) is 0.999. The molecule has 0 aliphatic carbocycles. The molecule has 0 saturated heterocycles. The second-order valence-corrected chi connectivity index (χ2v) is 3.75. The third kappa shape index (κ3) is 2.98. The molecule has 1 aromatic carbocycles. The molecule has 0 amide bonds. The standard InChI is InChI=1S/C11H11F3O2/c1-6(2)5-16-11(15)7-3-8(12)10(14)9(13)4-7/h3-4,6H,5H2,1-2H3. The van der Waals surface area contributed by atoms with Gasteiger partial charge in [-0.15, -0.1) is 0 Å². The van der Waals surface area contributed by atoms with Gasteiger partial charge in [0.15, 0.2) is 17.5 Å². The molecule has 1 rings (SSSR count). The number of ether oxygens (including phenoxy) is 1. The number of rotatable bonds is 3.